The maximum atomic E-state index is 5.80. The lowest BCUT2D eigenvalue weighted by Crippen LogP contribution is -2.19. The van der Waals surface area contributed by atoms with Crippen LogP contribution in [0.15, 0.2) is 66.9 Å². The SMILES string of the molecule is c1ccc(Oc2ccc(Nc3nccc(NCC4CCCO4)n3)cc2)cc1. The van der Waals surface area contributed by atoms with Crippen molar-refractivity contribution in [1.82, 2.24) is 9.97 Å². The first-order valence-electron chi connectivity index (χ1n) is 9.14. The van der Waals surface area contributed by atoms with E-state index in [-0.39, 0.29) is 6.10 Å². The molecule has 0 spiro atoms. The van der Waals surface area contributed by atoms with Crippen LogP contribution in [-0.4, -0.2) is 29.2 Å². The summed E-state index contributed by atoms with van der Waals surface area (Å²) in [5.74, 6) is 2.92. The van der Waals surface area contributed by atoms with Gasteiger partial charge in [-0.15, -0.1) is 0 Å². The van der Waals surface area contributed by atoms with Crippen LogP contribution in [0.25, 0.3) is 0 Å². The van der Waals surface area contributed by atoms with Gasteiger partial charge in [-0.3, -0.25) is 0 Å². The topological polar surface area (TPSA) is 68.3 Å². The highest BCUT2D eigenvalue weighted by Crippen LogP contribution is 2.23. The Morgan fingerprint density at radius 2 is 1.81 bits per heavy atom. The first-order chi connectivity index (χ1) is 13.3. The van der Waals surface area contributed by atoms with Gasteiger partial charge in [-0.2, -0.15) is 4.98 Å². The van der Waals surface area contributed by atoms with Gasteiger partial charge in [0.1, 0.15) is 17.3 Å². The van der Waals surface area contributed by atoms with Crippen molar-refractivity contribution in [3.05, 3.63) is 66.9 Å². The van der Waals surface area contributed by atoms with E-state index in [4.69, 9.17) is 9.47 Å². The Hall–Kier alpha value is -3.12. The van der Waals surface area contributed by atoms with Crippen LogP contribution in [-0.2, 0) is 4.74 Å². The summed E-state index contributed by atoms with van der Waals surface area (Å²) in [4.78, 5) is 8.78. The number of rotatable bonds is 7. The molecule has 2 N–H and O–H groups in total. The molecule has 1 fully saturated rings. The number of nitrogens with one attached hydrogen (secondary N) is 2. The van der Waals surface area contributed by atoms with E-state index in [2.05, 4.69) is 20.6 Å². The minimum Gasteiger partial charge on any atom is -0.457 e. The molecule has 2 aromatic carbocycles. The van der Waals surface area contributed by atoms with E-state index in [9.17, 15) is 0 Å². The van der Waals surface area contributed by atoms with Crippen molar-refractivity contribution < 1.29 is 9.47 Å². The summed E-state index contributed by atoms with van der Waals surface area (Å²) in [5.41, 5.74) is 0.895. The van der Waals surface area contributed by atoms with E-state index in [0.29, 0.717) is 5.95 Å². The van der Waals surface area contributed by atoms with E-state index in [1.807, 2.05) is 60.7 Å². The van der Waals surface area contributed by atoms with Crippen LogP contribution >= 0.6 is 0 Å². The van der Waals surface area contributed by atoms with E-state index in [1.54, 1.807) is 6.20 Å². The number of nitrogens with zero attached hydrogens (tertiary/aromatic N) is 2. The van der Waals surface area contributed by atoms with Crippen LogP contribution < -0.4 is 15.4 Å². The molecule has 27 heavy (non-hydrogen) atoms. The highest BCUT2D eigenvalue weighted by molar-refractivity contribution is 5.56. The van der Waals surface area contributed by atoms with E-state index in [1.165, 1.54) is 0 Å². The first kappa shape index (κ1) is 17.3. The summed E-state index contributed by atoms with van der Waals surface area (Å²) in [6.07, 6.45) is 4.24. The lowest BCUT2D eigenvalue weighted by atomic mass is 10.2. The second kappa shape index (κ2) is 8.51. The number of hydrogen-bond donors (Lipinski definition) is 2. The Morgan fingerprint density at radius 3 is 2.59 bits per heavy atom. The Morgan fingerprint density at radius 1 is 1.00 bits per heavy atom. The fourth-order valence-corrected chi connectivity index (χ4v) is 2.90. The second-order valence-electron chi connectivity index (χ2n) is 6.35. The van der Waals surface area contributed by atoms with Crippen molar-refractivity contribution in [3.8, 4) is 11.5 Å². The van der Waals surface area contributed by atoms with Crippen LogP contribution in [0.2, 0.25) is 0 Å². The molecule has 4 rings (SSSR count). The van der Waals surface area contributed by atoms with Gasteiger partial charge < -0.3 is 20.1 Å². The monoisotopic (exact) mass is 362 g/mol. The molecule has 0 amide bonds. The molecule has 6 nitrogen and oxygen atoms in total. The zero-order chi connectivity index (χ0) is 18.3. The van der Waals surface area contributed by atoms with Crippen LogP contribution in [0, 0.1) is 0 Å². The number of para-hydroxylation sites is 1. The first-order valence-corrected chi connectivity index (χ1v) is 9.14. The lowest BCUT2D eigenvalue weighted by Gasteiger charge is -2.12. The zero-order valence-corrected chi connectivity index (χ0v) is 15.0. The van der Waals surface area contributed by atoms with Crippen LogP contribution in [0.3, 0.4) is 0 Å². The van der Waals surface area contributed by atoms with E-state index in [0.717, 1.165) is 49.0 Å². The Balaban J connectivity index is 1.35. The third kappa shape index (κ3) is 4.95. The highest BCUT2D eigenvalue weighted by atomic mass is 16.5. The van der Waals surface area contributed by atoms with Crippen molar-refractivity contribution >= 4 is 17.5 Å². The van der Waals surface area contributed by atoms with Gasteiger partial charge >= 0.3 is 0 Å². The zero-order valence-electron chi connectivity index (χ0n) is 15.0. The van der Waals surface area contributed by atoms with Gasteiger partial charge in [-0.05, 0) is 55.3 Å². The molecule has 1 unspecified atom stereocenters. The molecular weight excluding hydrogens is 340 g/mol. The summed E-state index contributed by atoms with van der Waals surface area (Å²) < 4.78 is 11.4. The summed E-state index contributed by atoms with van der Waals surface area (Å²) in [5, 5.41) is 6.53. The number of benzene rings is 2. The third-order valence-electron chi connectivity index (χ3n) is 4.28. The molecule has 1 atom stereocenters. The predicted octanol–water partition coefficient (Wildman–Crippen LogP) is 4.60. The maximum absolute atomic E-state index is 5.80. The van der Waals surface area contributed by atoms with Gasteiger partial charge in [0.05, 0.1) is 6.10 Å². The molecule has 1 aliphatic heterocycles. The van der Waals surface area contributed by atoms with Crippen molar-refractivity contribution in [3.63, 3.8) is 0 Å². The smallest absolute Gasteiger partial charge is 0.229 e. The third-order valence-corrected chi connectivity index (χ3v) is 4.28. The summed E-state index contributed by atoms with van der Waals surface area (Å²) in [7, 11) is 0. The Bertz CT molecular complexity index is 850. The molecule has 2 heterocycles. The van der Waals surface area contributed by atoms with Crippen molar-refractivity contribution in [2.24, 2.45) is 0 Å². The maximum Gasteiger partial charge on any atom is 0.229 e. The molecule has 6 heteroatoms. The second-order valence-corrected chi connectivity index (χ2v) is 6.35. The molecule has 0 bridgehead atoms. The van der Waals surface area contributed by atoms with Crippen LogP contribution in [0.4, 0.5) is 17.5 Å². The number of ether oxygens (including phenoxy) is 2. The number of anilines is 3. The molecule has 1 saturated heterocycles. The average Bonchev–Trinajstić information content (AvgIpc) is 3.23. The average molecular weight is 362 g/mol. The van der Waals surface area contributed by atoms with Gasteiger partial charge in [-0.1, -0.05) is 18.2 Å². The molecule has 0 aliphatic carbocycles. The normalized spacial score (nSPS) is 16.1. The molecule has 1 aromatic heterocycles. The van der Waals surface area contributed by atoms with Crippen LogP contribution in [0.1, 0.15) is 12.8 Å². The Labute approximate surface area is 158 Å². The highest BCUT2D eigenvalue weighted by Gasteiger charge is 2.15. The Kier molecular flexibility index (Phi) is 5.45. The lowest BCUT2D eigenvalue weighted by molar-refractivity contribution is 0.120. The van der Waals surface area contributed by atoms with Crippen LogP contribution in [0.5, 0.6) is 11.5 Å². The van der Waals surface area contributed by atoms with Gasteiger partial charge in [0.25, 0.3) is 0 Å². The van der Waals surface area contributed by atoms with Gasteiger partial charge in [-0.25, -0.2) is 4.98 Å². The fourth-order valence-electron chi connectivity index (χ4n) is 2.90. The van der Waals surface area contributed by atoms with Gasteiger partial charge in [0, 0.05) is 25.0 Å². The van der Waals surface area contributed by atoms with Crippen molar-refractivity contribution in [2.45, 2.75) is 18.9 Å². The van der Waals surface area contributed by atoms with E-state index >= 15 is 0 Å². The molecule has 0 saturated carbocycles. The number of hydrogen-bond acceptors (Lipinski definition) is 6. The van der Waals surface area contributed by atoms with E-state index < -0.39 is 0 Å². The van der Waals surface area contributed by atoms with Gasteiger partial charge in [0.15, 0.2) is 0 Å². The number of aromatic nitrogens is 2. The summed E-state index contributed by atoms with van der Waals surface area (Å²) in [6.45, 7) is 1.62. The minimum absolute atomic E-state index is 0.272. The molecule has 1 aliphatic rings. The quantitative estimate of drug-likeness (QED) is 0.640. The predicted molar refractivity (Wildman–Crippen MR) is 106 cm³/mol. The summed E-state index contributed by atoms with van der Waals surface area (Å²) in [6, 6.07) is 19.3. The summed E-state index contributed by atoms with van der Waals surface area (Å²) >= 11 is 0. The van der Waals surface area contributed by atoms with Crippen molar-refractivity contribution in [2.75, 3.05) is 23.8 Å². The minimum atomic E-state index is 0.272. The largest absolute Gasteiger partial charge is 0.457 e. The molecule has 0 radical (unpaired) electrons. The standard InChI is InChI=1S/C21H22N4O2/c1-2-5-17(6-3-1)27-18-10-8-16(9-11-18)24-21-22-13-12-20(25-21)23-15-19-7-4-14-26-19/h1-3,5-6,8-13,19H,4,7,14-15H2,(H2,22,23,24,25). The van der Waals surface area contributed by atoms with Crippen molar-refractivity contribution in [1.29, 1.82) is 0 Å². The molecule has 138 valence electrons. The van der Waals surface area contributed by atoms with Gasteiger partial charge in [0.2, 0.25) is 5.95 Å². The fraction of sp³-hybridized carbons (Fsp3) is 0.238. The molecule has 3 aromatic rings. The molecular formula is C21H22N4O2.